The van der Waals surface area contributed by atoms with Crippen molar-refractivity contribution in [3.63, 3.8) is 0 Å². The Labute approximate surface area is 133 Å². The fourth-order valence-corrected chi connectivity index (χ4v) is 3.80. The van der Waals surface area contributed by atoms with Crippen molar-refractivity contribution in [3.8, 4) is 0 Å². The molecular formula is C17H19FN2OS. The minimum absolute atomic E-state index is 0.0606. The highest BCUT2D eigenvalue weighted by Crippen LogP contribution is 2.34. The molecule has 1 fully saturated rings. The zero-order chi connectivity index (χ0) is 15.5. The van der Waals surface area contributed by atoms with Crippen LogP contribution >= 0.6 is 11.3 Å². The molecule has 0 N–H and O–H groups in total. The highest BCUT2D eigenvalue weighted by Gasteiger charge is 2.32. The third-order valence-corrected chi connectivity index (χ3v) is 5.12. The van der Waals surface area contributed by atoms with E-state index < -0.39 is 0 Å². The van der Waals surface area contributed by atoms with Crippen molar-refractivity contribution in [1.82, 2.24) is 9.88 Å². The van der Waals surface area contributed by atoms with Gasteiger partial charge in [-0.2, -0.15) is 0 Å². The molecule has 1 aromatic carbocycles. The van der Waals surface area contributed by atoms with Gasteiger partial charge in [0.05, 0.1) is 12.0 Å². The predicted molar refractivity (Wildman–Crippen MR) is 85.2 cm³/mol. The number of hydrogen-bond donors (Lipinski definition) is 0. The Balaban J connectivity index is 1.82. The van der Waals surface area contributed by atoms with Crippen LogP contribution in [-0.4, -0.2) is 22.3 Å². The van der Waals surface area contributed by atoms with Crippen molar-refractivity contribution < 1.29 is 9.18 Å². The van der Waals surface area contributed by atoms with E-state index in [0.717, 1.165) is 36.4 Å². The molecule has 0 bridgehead atoms. The SMILES string of the molecule is C[C@H](C(=O)N1CCCC[C@H]1c1nccs1)c1cccc(F)c1. The van der Waals surface area contributed by atoms with Gasteiger partial charge in [-0.15, -0.1) is 11.3 Å². The zero-order valence-corrected chi connectivity index (χ0v) is 13.4. The summed E-state index contributed by atoms with van der Waals surface area (Å²) < 4.78 is 13.4. The van der Waals surface area contributed by atoms with E-state index in [2.05, 4.69) is 4.98 Å². The van der Waals surface area contributed by atoms with E-state index in [9.17, 15) is 9.18 Å². The van der Waals surface area contributed by atoms with Crippen LogP contribution in [0.3, 0.4) is 0 Å². The molecule has 3 rings (SSSR count). The van der Waals surface area contributed by atoms with Gasteiger partial charge in [-0.1, -0.05) is 12.1 Å². The van der Waals surface area contributed by atoms with Crippen LogP contribution in [0.1, 0.15) is 48.7 Å². The van der Waals surface area contributed by atoms with Crippen LogP contribution in [0, 0.1) is 5.82 Å². The predicted octanol–water partition coefficient (Wildman–Crippen LogP) is 4.14. The fourth-order valence-electron chi connectivity index (χ4n) is 3.02. The van der Waals surface area contributed by atoms with Gasteiger partial charge in [0.25, 0.3) is 0 Å². The molecule has 0 spiro atoms. The summed E-state index contributed by atoms with van der Waals surface area (Å²) in [7, 11) is 0. The summed E-state index contributed by atoms with van der Waals surface area (Å²) in [6, 6.07) is 6.39. The summed E-state index contributed by atoms with van der Waals surface area (Å²) >= 11 is 1.60. The molecule has 22 heavy (non-hydrogen) atoms. The molecule has 1 saturated heterocycles. The number of thiazole rings is 1. The van der Waals surface area contributed by atoms with E-state index in [1.165, 1.54) is 12.1 Å². The third kappa shape index (κ3) is 3.04. The van der Waals surface area contributed by atoms with Crippen LogP contribution in [0.4, 0.5) is 4.39 Å². The molecule has 3 nitrogen and oxygen atoms in total. The summed E-state index contributed by atoms with van der Waals surface area (Å²) in [6.45, 7) is 2.60. The lowest BCUT2D eigenvalue weighted by Gasteiger charge is -2.36. The molecule has 1 aromatic heterocycles. The molecule has 2 atom stereocenters. The molecule has 1 aliphatic heterocycles. The first kappa shape index (κ1) is 15.2. The second-order valence-corrected chi connectivity index (χ2v) is 6.62. The second kappa shape index (κ2) is 6.57. The number of likely N-dealkylation sites (tertiary alicyclic amines) is 1. The maximum Gasteiger partial charge on any atom is 0.230 e. The average molecular weight is 318 g/mol. The van der Waals surface area contributed by atoms with Crippen LogP contribution in [0.25, 0.3) is 0 Å². The number of nitrogens with zero attached hydrogens (tertiary/aromatic N) is 2. The minimum atomic E-state index is -0.337. The Morgan fingerprint density at radius 1 is 1.45 bits per heavy atom. The Morgan fingerprint density at radius 2 is 2.32 bits per heavy atom. The first-order valence-electron chi connectivity index (χ1n) is 7.62. The van der Waals surface area contributed by atoms with Gasteiger partial charge in [0.15, 0.2) is 0 Å². The quantitative estimate of drug-likeness (QED) is 0.852. The van der Waals surface area contributed by atoms with Crippen LogP contribution in [-0.2, 0) is 4.79 Å². The molecule has 2 aromatic rings. The van der Waals surface area contributed by atoms with Gasteiger partial charge in [-0.05, 0) is 43.9 Å². The molecule has 0 radical (unpaired) electrons. The molecule has 0 unspecified atom stereocenters. The van der Waals surface area contributed by atoms with Crippen molar-refractivity contribution in [2.24, 2.45) is 0 Å². The van der Waals surface area contributed by atoms with Crippen LogP contribution in [0.5, 0.6) is 0 Å². The zero-order valence-electron chi connectivity index (χ0n) is 12.5. The van der Waals surface area contributed by atoms with Crippen LogP contribution in [0.15, 0.2) is 35.8 Å². The Bertz CT molecular complexity index is 644. The number of carbonyl (C=O) groups is 1. The summed E-state index contributed by atoms with van der Waals surface area (Å²) in [5, 5.41) is 2.95. The van der Waals surface area contributed by atoms with E-state index in [-0.39, 0.29) is 23.7 Å². The number of rotatable bonds is 3. The molecular weight excluding hydrogens is 299 g/mol. The van der Waals surface area contributed by atoms with E-state index >= 15 is 0 Å². The van der Waals surface area contributed by atoms with Gasteiger partial charge < -0.3 is 4.90 Å². The van der Waals surface area contributed by atoms with E-state index in [4.69, 9.17) is 0 Å². The number of benzene rings is 1. The third-order valence-electron chi connectivity index (χ3n) is 4.24. The summed E-state index contributed by atoms with van der Waals surface area (Å²) in [4.78, 5) is 19.2. The van der Waals surface area contributed by atoms with Crippen molar-refractivity contribution >= 4 is 17.2 Å². The lowest BCUT2D eigenvalue weighted by Crippen LogP contribution is -2.40. The lowest BCUT2D eigenvalue weighted by atomic mass is 9.95. The van der Waals surface area contributed by atoms with Gasteiger partial charge in [0.1, 0.15) is 10.8 Å². The van der Waals surface area contributed by atoms with Crippen LogP contribution in [0.2, 0.25) is 0 Å². The molecule has 1 aliphatic rings. The molecule has 0 aliphatic carbocycles. The highest BCUT2D eigenvalue weighted by atomic mass is 32.1. The Hall–Kier alpha value is -1.75. The van der Waals surface area contributed by atoms with Crippen molar-refractivity contribution in [2.45, 2.75) is 38.1 Å². The lowest BCUT2D eigenvalue weighted by molar-refractivity contribution is -0.136. The summed E-state index contributed by atoms with van der Waals surface area (Å²) in [5.74, 6) is -0.575. The molecule has 5 heteroatoms. The maximum absolute atomic E-state index is 13.4. The van der Waals surface area contributed by atoms with Gasteiger partial charge in [-0.3, -0.25) is 4.79 Å². The van der Waals surface area contributed by atoms with Crippen molar-refractivity contribution in [3.05, 3.63) is 52.2 Å². The summed E-state index contributed by atoms with van der Waals surface area (Å²) in [6.07, 6.45) is 4.87. The van der Waals surface area contributed by atoms with Gasteiger partial charge >= 0.3 is 0 Å². The number of amides is 1. The topological polar surface area (TPSA) is 33.2 Å². The van der Waals surface area contributed by atoms with Crippen molar-refractivity contribution in [1.29, 1.82) is 0 Å². The number of hydrogen-bond acceptors (Lipinski definition) is 3. The first-order valence-corrected chi connectivity index (χ1v) is 8.50. The molecule has 0 saturated carbocycles. The number of piperidine rings is 1. The molecule has 1 amide bonds. The second-order valence-electron chi connectivity index (χ2n) is 5.69. The molecule has 116 valence electrons. The monoisotopic (exact) mass is 318 g/mol. The van der Waals surface area contributed by atoms with E-state index in [1.54, 1.807) is 23.6 Å². The normalized spacial score (nSPS) is 19.9. The smallest absolute Gasteiger partial charge is 0.230 e. The van der Waals surface area contributed by atoms with E-state index in [1.807, 2.05) is 23.3 Å². The average Bonchev–Trinajstić information content (AvgIpc) is 3.08. The maximum atomic E-state index is 13.4. The molecule has 2 heterocycles. The highest BCUT2D eigenvalue weighted by molar-refractivity contribution is 7.09. The van der Waals surface area contributed by atoms with Gasteiger partial charge in [0.2, 0.25) is 5.91 Å². The first-order chi connectivity index (χ1) is 10.7. The minimum Gasteiger partial charge on any atom is -0.333 e. The number of halogens is 1. The van der Waals surface area contributed by atoms with E-state index in [0.29, 0.717) is 0 Å². The van der Waals surface area contributed by atoms with Gasteiger partial charge in [-0.25, -0.2) is 9.37 Å². The van der Waals surface area contributed by atoms with Gasteiger partial charge in [0, 0.05) is 18.1 Å². The fraction of sp³-hybridized carbons (Fsp3) is 0.412. The Morgan fingerprint density at radius 3 is 3.05 bits per heavy atom. The number of carbonyl (C=O) groups excluding carboxylic acids is 1. The standard InChI is InChI=1S/C17H19FN2OS/c1-12(13-5-4-6-14(18)11-13)17(21)20-9-3-2-7-15(20)16-19-8-10-22-16/h4-6,8,10-12,15H,2-3,7,9H2,1H3/t12-,15-/m0/s1. The van der Waals surface area contributed by atoms with Crippen LogP contribution < -0.4 is 0 Å². The van der Waals surface area contributed by atoms with Crippen molar-refractivity contribution in [2.75, 3.05) is 6.54 Å². The summed E-state index contributed by atoms with van der Waals surface area (Å²) in [5.41, 5.74) is 0.730. The Kier molecular flexibility index (Phi) is 4.52. The number of aromatic nitrogens is 1. The largest absolute Gasteiger partial charge is 0.333 e.